The molecule has 1 rings (SSSR count). The van der Waals surface area contributed by atoms with Gasteiger partial charge in [0.2, 0.25) is 0 Å². The second-order valence-electron chi connectivity index (χ2n) is 4.86. The number of carbonyl (C=O) groups excluding carboxylic acids is 3. The van der Waals surface area contributed by atoms with Crippen molar-refractivity contribution in [2.24, 2.45) is 0 Å². The monoisotopic (exact) mass is 243 g/mol. The number of carbonyl (C=O) groups is 3. The van der Waals surface area contributed by atoms with Crippen molar-refractivity contribution in [1.82, 2.24) is 15.3 Å². The first-order valence-corrected chi connectivity index (χ1v) is 5.23. The molecule has 0 unspecified atom stereocenters. The van der Waals surface area contributed by atoms with E-state index < -0.39 is 17.5 Å². The molecule has 0 saturated carbocycles. The molecule has 0 bridgehead atoms. The Balaban J connectivity index is 2.47. The number of imide groups is 1. The summed E-state index contributed by atoms with van der Waals surface area (Å²) in [6, 6.07) is -0.471. The zero-order valence-electron chi connectivity index (χ0n) is 10.4. The van der Waals surface area contributed by atoms with Crippen LogP contribution in [0.3, 0.4) is 0 Å². The van der Waals surface area contributed by atoms with Crippen LogP contribution in [0.5, 0.6) is 0 Å². The molecule has 1 aliphatic heterocycles. The quantitative estimate of drug-likeness (QED) is 0.546. The summed E-state index contributed by atoms with van der Waals surface area (Å²) in [5, 5.41) is 0. The molecule has 96 valence electrons. The van der Waals surface area contributed by atoms with Crippen molar-refractivity contribution in [3.63, 3.8) is 0 Å². The number of hydrogen-bond acceptors (Lipinski definition) is 4. The van der Waals surface area contributed by atoms with Gasteiger partial charge in [0, 0.05) is 7.05 Å². The zero-order valence-corrected chi connectivity index (χ0v) is 10.4. The fraction of sp³-hybridized carbons (Fsp3) is 0.700. The maximum Gasteiger partial charge on any atom is 0.327 e. The molecular formula is C10H17N3O4. The Bertz CT molecular complexity index is 348. The van der Waals surface area contributed by atoms with Gasteiger partial charge in [-0.15, -0.1) is 0 Å². The lowest BCUT2D eigenvalue weighted by Gasteiger charge is -2.20. The van der Waals surface area contributed by atoms with Crippen molar-refractivity contribution in [1.29, 1.82) is 0 Å². The summed E-state index contributed by atoms with van der Waals surface area (Å²) in [6.45, 7) is 5.00. The Labute approximate surface area is 99.6 Å². The van der Waals surface area contributed by atoms with Crippen molar-refractivity contribution in [3.8, 4) is 0 Å². The van der Waals surface area contributed by atoms with E-state index in [1.165, 1.54) is 11.9 Å². The third-order valence-corrected chi connectivity index (χ3v) is 2.00. The minimum atomic E-state index is -0.531. The largest absolute Gasteiger partial charge is 0.327 e. The van der Waals surface area contributed by atoms with E-state index in [4.69, 9.17) is 4.84 Å². The van der Waals surface area contributed by atoms with Gasteiger partial charge >= 0.3 is 6.03 Å². The zero-order chi connectivity index (χ0) is 13.2. The Morgan fingerprint density at radius 1 is 1.41 bits per heavy atom. The molecule has 0 aromatic carbocycles. The van der Waals surface area contributed by atoms with E-state index in [9.17, 15) is 14.4 Å². The molecule has 7 nitrogen and oxygen atoms in total. The normalized spacial score (nSPS) is 16.7. The second-order valence-corrected chi connectivity index (χ2v) is 4.86. The molecule has 0 aromatic rings. The van der Waals surface area contributed by atoms with Gasteiger partial charge < -0.3 is 4.90 Å². The van der Waals surface area contributed by atoms with Crippen LogP contribution in [0.2, 0.25) is 0 Å². The van der Waals surface area contributed by atoms with Gasteiger partial charge in [-0.1, -0.05) is 0 Å². The molecule has 0 aromatic heterocycles. The minimum Gasteiger partial charge on any atom is -0.318 e. The highest BCUT2D eigenvalue weighted by Crippen LogP contribution is 2.07. The smallest absolute Gasteiger partial charge is 0.318 e. The predicted molar refractivity (Wildman–Crippen MR) is 58.7 cm³/mol. The van der Waals surface area contributed by atoms with Crippen LogP contribution in [0.25, 0.3) is 0 Å². The van der Waals surface area contributed by atoms with Gasteiger partial charge in [0.05, 0.1) is 5.60 Å². The molecule has 0 spiro atoms. The number of urea groups is 1. The van der Waals surface area contributed by atoms with E-state index >= 15 is 0 Å². The first-order valence-electron chi connectivity index (χ1n) is 5.23. The summed E-state index contributed by atoms with van der Waals surface area (Å²) < 4.78 is 0. The summed E-state index contributed by atoms with van der Waals surface area (Å²) in [7, 11) is 1.50. The molecule has 0 atom stereocenters. The Kier molecular flexibility index (Phi) is 3.72. The Morgan fingerprint density at radius 2 is 2.00 bits per heavy atom. The van der Waals surface area contributed by atoms with Crippen LogP contribution in [-0.2, 0) is 14.4 Å². The van der Waals surface area contributed by atoms with Gasteiger partial charge in [0.1, 0.15) is 13.1 Å². The summed E-state index contributed by atoms with van der Waals surface area (Å²) in [4.78, 5) is 41.5. The highest BCUT2D eigenvalue weighted by Gasteiger charge is 2.34. The number of amides is 4. The molecule has 7 heteroatoms. The van der Waals surface area contributed by atoms with Gasteiger partial charge in [-0.05, 0) is 20.8 Å². The van der Waals surface area contributed by atoms with E-state index in [-0.39, 0.29) is 19.0 Å². The number of hydroxylamine groups is 1. The lowest BCUT2D eigenvalue weighted by Crippen LogP contribution is -2.43. The standard InChI is InChI=1S/C10H17N3O4/c1-10(2,3)17-11-7(14)5-13-8(15)6-12(4)9(13)16/h5-6H2,1-4H3,(H,11,14). The van der Waals surface area contributed by atoms with Crippen LogP contribution in [0, 0.1) is 0 Å². The third kappa shape index (κ3) is 3.70. The Hall–Kier alpha value is -1.63. The molecule has 0 radical (unpaired) electrons. The first kappa shape index (κ1) is 13.4. The molecule has 1 aliphatic rings. The minimum absolute atomic E-state index is 0.00619. The highest BCUT2D eigenvalue weighted by molar-refractivity contribution is 6.04. The number of likely N-dealkylation sites (N-methyl/N-ethyl adjacent to an activating group) is 1. The van der Waals surface area contributed by atoms with Crippen LogP contribution in [0.1, 0.15) is 20.8 Å². The molecule has 1 heterocycles. The van der Waals surface area contributed by atoms with Crippen molar-refractivity contribution in [2.75, 3.05) is 20.1 Å². The number of hydrogen-bond donors (Lipinski definition) is 1. The molecular weight excluding hydrogens is 226 g/mol. The average Bonchev–Trinajstić information content (AvgIpc) is 2.41. The van der Waals surface area contributed by atoms with Crippen LogP contribution >= 0.6 is 0 Å². The maximum atomic E-state index is 11.5. The third-order valence-electron chi connectivity index (χ3n) is 2.00. The lowest BCUT2D eigenvalue weighted by molar-refractivity contribution is -0.147. The van der Waals surface area contributed by atoms with E-state index in [2.05, 4.69) is 5.48 Å². The molecule has 1 saturated heterocycles. The maximum absolute atomic E-state index is 11.5. The van der Waals surface area contributed by atoms with Crippen LogP contribution in [-0.4, -0.2) is 53.4 Å². The average molecular weight is 243 g/mol. The molecule has 1 fully saturated rings. The molecule has 0 aliphatic carbocycles. The van der Waals surface area contributed by atoms with Crippen LogP contribution < -0.4 is 5.48 Å². The SMILES string of the molecule is CN1CC(=O)N(CC(=O)NOC(C)(C)C)C1=O. The fourth-order valence-electron chi connectivity index (χ4n) is 1.21. The van der Waals surface area contributed by atoms with Gasteiger partial charge in [-0.25, -0.2) is 10.3 Å². The summed E-state index contributed by atoms with van der Waals surface area (Å²) in [5.74, 6) is -0.916. The number of nitrogens with one attached hydrogen (secondary N) is 1. The van der Waals surface area contributed by atoms with Gasteiger partial charge in [-0.3, -0.25) is 19.3 Å². The van der Waals surface area contributed by atoms with E-state index in [0.29, 0.717) is 0 Å². The van der Waals surface area contributed by atoms with Crippen molar-refractivity contribution in [3.05, 3.63) is 0 Å². The summed E-state index contributed by atoms with van der Waals surface area (Å²) in [5.41, 5.74) is 1.68. The van der Waals surface area contributed by atoms with Crippen LogP contribution in [0.15, 0.2) is 0 Å². The summed E-state index contributed by atoms with van der Waals surface area (Å²) in [6.07, 6.45) is 0. The van der Waals surface area contributed by atoms with Gasteiger partial charge in [0.25, 0.3) is 11.8 Å². The fourth-order valence-corrected chi connectivity index (χ4v) is 1.21. The lowest BCUT2D eigenvalue weighted by atomic mass is 10.2. The second kappa shape index (κ2) is 4.70. The highest BCUT2D eigenvalue weighted by atomic mass is 16.7. The molecule has 17 heavy (non-hydrogen) atoms. The van der Waals surface area contributed by atoms with Crippen molar-refractivity contribution < 1.29 is 19.2 Å². The topological polar surface area (TPSA) is 79.0 Å². The predicted octanol–water partition coefficient (Wildman–Crippen LogP) is -0.273. The van der Waals surface area contributed by atoms with Crippen molar-refractivity contribution >= 4 is 17.8 Å². The number of nitrogens with zero attached hydrogens (tertiary/aromatic N) is 2. The molecule has 1 N–H and O–H groups in total. The van der Waals surface area contributed by atoms with Crippen molar-refractivity contribution in [2.45, 2.75) is 26.4 Å². The molecule has 4 amide bonds. The van der Waals surface area contributed by atoms with Gasteiger partial charge in [0.15, 0.2) is 0 Å². The summed E-state index contributed by atoms with van der Waals surface area (Å²) >= 11 is 0. The van der Waals surface area contributed by atoms with E-state index in [0.717, 1.165) is 4.90 Å². The van der Waals surface area contributed by atoms with E-state index in [1.54, 1.807) is 20.8 Å². The Morgan fingerprint density at radius 3 is 2.41 bits per heavy atom. The first-order chi connectivity index (χ1) is 7.70. The van der Waals surface area contributed by atoms with E-state index in [1.807, 2.05) is 0 Å². The van der Waals surface area contributed by atoms with Crippen LogP contribution in [0.4, 0.5) is 4.79 Å². The number of rotatable bonds is 3. The van der Waals surface area contributed by atoms with Gasteiger partial charge in [-0.2, -0.15) is 0 Å².